The molecule has 21 heavy (non-hydrogen) atoms. The molecule has 3 N–H and O–H groups in total. The SMILES string of the molecule is CC[C@@H](C(=O)Nc1nc(CC(N)=O)cs1)c1ccccc1. The molecule has 1 heterocycles. The highest BCUT2D eigenvalue weighted by Gasteiger charge is 2.19. The lowest BCUT2D eigenvalue weighted by molar-refractivity contribution is -0.118. The van der Waals surface area contributed by atoms with Crippen molar-refractivity contribution >= 4 is 28.3 Å². The maximum atomic E-state index is 12.3. The van der Waals surface area contributed by atoms with Crippen LogP contribution >= 0.6 is 11.3 Å². The molecule has 0 fully saturated rings. The Hall–Kier alpha value is -2.21. The number of hydrogen-bond acceptors (Lipinski definition) is 4. The van der Waals surface area contributed by atoms with Crippen molar-refractivity contribution < 1.29 is 9.59 Å². The summed E-state index contributed by atoms with van der Waals surface area (Å²) in [6, 6.07) is 9.63. The van der Waals surface area contributed by atoms with Gasteiger partial charge in [0.15, 0.2) is 5.13 Å². The molecule has 2 rings (SSSR count). The van der Waals surface area contributed by atoms with E-state index in [-0.39, 0.29) is 18.2 Å². The fraction of sp³-hybridized carbons (Fsp3) is 0.267. The van der Waals surface area contributed by atoms with Gasteiger partial charge in [-0.1, -0.05) is 37.3 Å². The number of amides is 2. The third-order valence-electron chi connectivity index (χ3n) is 3.06. The highest BCUT2D eigenvalue weighted by molar-refractivity contribution is 7.13. The van der Waals surface area contributed by atoms with Gasteiger partial charge in [-0.2, -0.15) is 0 Å². The Balaban J connectivity index is 2.06. The molecule has 6 heteroatoms. The minimum atomic E-state index is -0.436. The van der Waals surface area contributed by atoms with E-state index in [1.165, 1.54) is 11.3 Å². The molecule has 0 aliphatic rings. The Bertz CT molecular complexity index is 625. The highest BCUT2D eigenvalue weighted by Crippen LogP contribution is 2.23. The average molecular weight is 303 g/mol. The van der Waals surface area contributed by atoms with E-state index < -0.39 is 5.91 Å². The van der Waals surface area contributed by atoms with Crippen LogP contribution in [0.5, 0.6) is 0 Å². The minimum absolute atomic E-state index is 0.0856. The van der Waals surface area contributed by atoms with Crippen molar-refractivity contribution in [3.8, 4) is 0 Å². The van der Waals surface area contributed by atoms with Crippen molar-refractivity contribution in [1.29, 1.82) is 0 Å². The number of primary amides is 1. The summed E-state index contributed by atoms with van der Waals surface area (Å²) in [6.07, 6.45) is 0.789. The van der Waals surface area contributed by atoms with Crippen LogP contribution in [-0.4, -0.2) is 16.8 Å². The molecule has 2 aromatic rings. The molecule has 0 spiro atoms. The lowest BCUT2D eigenvalue weighted by Gasteiger charge is -2.14. The lowest BCUT2D eigenvalue weighted by atomic mass is 9.96. The second kappa shape index (κ2) is 6.99. The van der Waals surface area contributed by atoms with E-state index in [1.807, 2.05) is 37.3 Å². The van der Waals surface area contributed by atoms with Crippen LogP contribution in [-0.2, 0) is 16.0 Å². The summed E-state index contributed by atoms with van der Waals surface area (Å²) in [5.74, 6) is -0.743. The van der Waals surface area contributed by atoms with Gasteiger partial charge < -0.3 is 11.1 Å². The molecule has 0 radical (unpaired) electrons. The third kappa shape index (κ3) is 4.13. The maximum absolute atomic E-state index is 12.3. The lowest BCUT2D eigenvalue weighted by Crippen LogP contribution is -2.20. The van der Waals surface area contributed by atoms with Gasteiger partial charge in [-0.3, -0.25) is 9.59 Å². The number of nitrogens with one attached hydrogen (secondary N) is 1. The highest BCUT2D eigenvalue weighted by atomic mass is 32.1. The van der Waals surface area contributed by atoms with Crippen LogP contribution in [0.2, 0.25) is 0 Å². The topological polar surface area (TPSA) is 85.1 Å². The third-order valence-corrected chi connectivity index (χ3v) is 3.87. The number of rotatable bonds is 6. The smallest absolute Gasteiger partial charge is 0.233 e. The number of nitrogens with two attached hydrogens (primary N) is 1. The number of carbonyl (C=O) groups is 2. The van der Waals surface area contributed by atoms with Gasteiger partial charge in [0.05, 0.1) is 18.0 Å². The molecular weight excluding hydrogens is 286 g/mol. The van der Waals surface area contributed by atoms with Crippen molar-refractivity contribution in [2.75, 3.05) is 5.32 Å². The standard InChI is InChI=1S/C15H17N3O2S/c1-2-12(10-6-4-3-5-7-10)14(20)18-15-17-11(9-21-15)8-13(16)19/h3-7,9,12H,2,8H2,1H3,(H2,16,19)(H,17,18,20)/t12-/m1/s1. The van der Waals surface area contributed by atoms with Gasteiger partial charge in [0.1, 0.15) is 0 Å². The molecule has 0 aliphatic heterocycles. The molecule has 2 amide bonds. The zero-order valence-electron chi connectivity index (χ0n) is 11.7. The van der Waals surface area contributed by atoms with Gasteiger partial charge in [0, 0.05) is 5.38 Å². The molecule has 1 aromatic carbocycles. The van der Waals surface area contributed by atoms with E-state index >= 15 is 0 Å². The molecule has 1 aromatic heterocycles. The van der Waals surface area contributed by atoms with E-state index in [2.05, 4.69) is 10.3 Å². The monoisotopic (exact) mass is 303 g/mol. The summed E-state index contributed by atoms with van der Waals surface area (Å²) in [7, 11) is 0. The first-order valence-corrected chi connectivity index (χ1v) is 7.56. The van der Waals surface area contributed by atoms with Crippen LogP contribution < -0.4 is 11.1 Å². The van der Waals surface area contributed by atoms with Crippen molar-refractivity contribution in [2.24, 2.45) is 5.73 Å². The first-order valence-electron chi connectivity index (χ1n) is 6.68. The number of thiazole rings is 1. The van der Waals surface area contributed by atoms with Crippen LogP contribution in [0.4, 0.5) is 5.13 Å². The van der Waals surface area contributed by atoms with E-state index in [1.54, 1.807) is 5.38 Å². The Morgan fingerprint density at radius 1 is 1.33 bits per heavy atom. The van der Waals surface area contributed by atoms with Crippen LogP contribution in [0.1, 0.15) is 30.5 Å². The van der Waals surface area contributed by atoms with E-state index in [9.17, 15) is 9.59 Å². The van der Waals surface area contributed by atoms with E-state index in [4.69, 9.17) is 5.73 Å². The normalized spacial score (nSPS) is 11.9. The van der Waals surface area contributed by atoms with Crippen molar-refractivity contribution in [3.05, 3.63) is 47.0 Å². The zero-order chi connectivity index (χ0) is 15.2. The first-order chi connectivity index (χ1) is 10.1. The molecule has 110 valence electrons. The minimum Gasteiger partial charge on any atom is -0.369 e. The molecule has 0 aliphatic carbocycles. The second-order valence-corrected chi connectivity index (χ2v) is 5.51. The Morgan fingerprint density at radius 2 is 2.05 bits per heavy atom. The quantitative estimate of drug-likeness (QED) is 0.858. The van der Waals surface area contributed by atoms with Gasteiger partial charge >= 0.3 is 0 Å². The summed E-state index contributed by atoms with van der Waals surface area (Å²) in [6.45, 7) is 1.97. The van der Waals surface area contributed by atoms with Gasteiger partial charge in [-0.15, -0.1) is 11.3 Å². The molecule has 5 nitrogen and oxygen atoms in total. The van der Waals surface area contributed by atoms with Gasteiger partial charge in [0.2, 0.25) is 11.8 Å². The van der Waals surface area contributed by atoms with Crippen molar-refractivity contribution in [2.45, 2.75) is 25.7 Å². The van der Waals surface area contributed by atoms with Crippen LogP contribution in [0, 0.1) is 0 Å². The average Bonchev–Trinajstić information content (AvgIpc) is 2.87. The van der Waals surface area contributed by atoms with Crippen LogP contribution in [0.15, 0.2) is 35.7 Å². The second-order valence-electron chi connectivity index (χ2n) is 4.65. The fourth-order valence-electron chi connectivity index (χ4n) is 2.07. The van der Waals surface area contributed by atoms with Crippen LogP contribution in [0.3, 0.4) is 0 Å². The fourth-order valence-corrected chi connectivity index (χ4v) is 2.79. The number of nitrogens with zero attached hydrogens (tertiary/aromatic N) is 1. The molecular formula is C15H17N3O2S. The summed E-state index contributed by atoms with van der Waals surface area (Å²) < 4.78 is 0. The summed E-state index contributed by atoms with van der Waals surface area (Å²) in [4.78, 5) is 27.4. The Kier molecular flexibility index (Phi) is 5.05. The maximum Gasteiger partial charge on any atom is 0.233 e. The zero-order valence-corrected chi connectivity index (χ0v) is 12.5. The first kappa shape index (κ1) is 15.2. The molecule has 1 atom stereocenters. The number of benzene rings is 1. The predicted molar refractivity (Wildman–Crippen MR) is 83.1 cm³/mol. The van der Waals surface area contributed by atoms with Crippen LogP contribution in [0.25, 0.3) is 0 Å². The molecule has 0 saturated heterocycles. The number of hydrogen-bond donors (Lipinski definition) is 2. The summed E-state index contributed by atoms with van der Waals surface area (Å²) in [5, 5.41) is 5.02. The van der Waals surface area contributed by atoms with Gasteiger partial charge in [-0.05, 0) is 12.0 Å². The summed E-state index contributed by atoms with van der Waals surface area (Å²) >= 11 is 1.29. The van der Waals surface area contributed by atoms with Gasteiger partial charge in [-0.25, -0.2) is 4.98 Å². The summed E-state index contributed by atoms with van der Waals surface area (Å²) in [5.41, 5.74) is 6.68. The number of carbonyl (C=O) groups excluding carboxylic acids is 2. The number of anilines is 1. The largest absolute Gasteiger partial charge is 0.369 e. The number of aromatic nitrogens is 1. The molecule has 0 unspecified atom stereocenters. The molecule has 0 saturated carbocycles. The predicted octanol–water partition coefficient (Wildman–Crippen LogP) is 2.30. The van der Waals surface area contributed by atoms with E-state index in [0.717, 1.165) is 5.56 Å². The molecule has 0 bridgehead atoms. The Labute approximate surface area is 127 Å². The Morgan fingerprint density at radius 3 is 2.67 bits per heavy atom. The van der Waals surface area contributed by atoms with Crippen molar-refractivity contribution in [3.63, 3.8) is 0 Å². The van der Waals surface area contributed by atoms with E-state index in [0.29, 0.717) is 17.2 Å². The van der Waals surface area contributed by atoms with Crippen molar-refractivity contribution in [1.82, 2.24) is 4.98 Å². The van der Waals surface area contributed by atoms with Gasteiger partial charge in [0.25, 0.3) is 0 Å².